The first-order valence-corrected chi connectivity index (χ1v) is 12.1. The number of halogens is 2. The molecule has 0 radical (unpaired) electrons. The second-order valence-electron chi connectivity index (χ2n) is 8.52. The normalized spacial score (nSPS) is 29.8. The zero-order valence-electron chi connectivity index (χ0n) is 18.3. The maximum absolute atomic E-state index is 6.65. The second-order valence-corrected chi connectivity index (χ2v) is 9.46. The average Bonchev–Trinajstić information content (AvgIpc) is 3.49. The topological polar surface area (TPSA) is 60.8 Å². The third-order valence-electron chi connectivity index (χ3n) is 6.23. The lowest BCUT2D eigenvalue weighted by Gasteiger charge is -2.37. The third-order valence-corrected chi connectivity index (χ3v) is 6.88. The summed E-state index contributed by atoms with van der Waals surface area (Å²) in [7, 11) is 0. The highest BCUT2D eigenvalue weighted by Gasteiger charge is 2.50. The van der Waals surface area contributed by atoms with Gasteiger partial charge >= 0.3 is 0 Å². The van der Waals surface area contributed by atoms with Crippen LogP contribution in [0.5, 0.6) is 5.75 Å². The highest BCUT2D eigenvalue weighted by molar-refractivity contribution is 6.32. The molecule has 1 aromatic heterocycles. The predicted octanol–water partition coefficient (Wildman–Crippen LogP) is 3.40. The van der Waals surface area contributed by atoms with Crippen molar-refractivity contribution in [2.45, 2.75) is 23.8 Å². The number of allylic oxidation sites excluding steroid dienone is 3. The molecule has 176 valence electrons. The van der Waals surface area contributed by atoms with Crippen LogP contribution in [0.3, 0.4) is 0 Å². The van der Waals surface area contributed by atoms with E-state index in [1.165, 1.54) is 5.69 Å². The number of rotatable bonds is 7. The monoisotopic (exact) mass is 490 g/mol. The van der Waals surface area contributed by atoms with Crippen molar-refractivity contribution in [1.82, 2.24) is 14.9 Å². The molecule has 3 aliphatic rings. The number of hydrogen-bond acceptors (Lipinski definition) is 6. The van der Waals surface area contributed by atoms with Crippen molar-refractivity contribution in [2.24, 2.45) is 5.92 Å². The molecule has 1 N–H and O–H groups in total. The minimum absolute atomic E-state index is 0.201. The summed E-state index contributed by atoms with van der Waals surface area (Å²) in [6.45, 7) is 5.33. The van der Waals surface area contributed by atoms with Crippen molar-refractivity contribution in [3.05, 3.63) is 66.2 Å². The summed E-state index contributed by atoms with van der Waals surface area (Å²) in [5.41, 5.74) is 1.22. The molecule has 0 bridgehead atoms. The molecule has 0 saturated carbocycles. The Morgan fingerprint density at radius 1 is 1.21 bits per heavy atom. The van der Waals surface area contributed by atoms with Gasteiger partial charge in [-0.1, -0.05) is 17.7 Å². The lowest BCUT2D eigenvalue weighted by Crippen LogP contribution is -2.47. The molecule has 1 aromatic carbocycles. The van der Waals surface area contributed by atoms with Gasteiger partial charge in [0.05, 0.1) is 30.8 Å². The fourth-order valence-electron chi connectivity index (χ4n) is 4.53. The van der Waals surface area contributed by atoms with Gasteiger partial charge < -0.3 is 29.0 Å². The number of hydrogen-bond donors (Lipinski definition) is 1. The number of nitrogens with one attached hydrogen (secondary N) is 1. The van der Waals surface area contributed by atoms with Crippen LogP contribution in [0, 0.1) is 5.92 Å². The molecule has 3 heterocycles. The van der Waals surface area contributed by atoms with Crippen LogP contribution in [-0.2, 0) is 16.0 Å². The van der Waals surface area contributed by atoms with E-state index >= 15 is 0 Å². The number of anilines is 1. The molecule has 4 atom stereocenters. The Labute approximate surface area is 203 Å². The smallest absolute Gasteiger partial charge is 0.195 e. The largest absolute Gasteiger partial charge is 0.491 e. The van der Waals surface area contributed by atoms with E-state index in [0.29, 0.717) is 24.8 Å². The Hall–Kier alpha value is -2.03. The van der Waals surface area contributed by atoms with E-state index in [2.05, 4.69) is 27.3 Å². The van der Waals surface area contributed by atoms with Crippen LogP contribution in [0.4, 0.5) is 5.69 Å². The van der Waals surface area contributed by atoms with Crippen LogP contribution >= 0.6 is 23.2 Å². The van der Waals surface area contributed by atoms with E-state index in [0.717, 1.165) is 31.9 Å². The summed E-state index contributed by atoms with van der Waals surface area (Å²) in [6, 6.07) is 8.24. The molecule has 2 aromatic rings. The van der Waals surface area contributed by atoms with Crippen LogP contribution in [0.25, 0.3) is 0 Å². The van der Waals surface area contributed by atoms with Gasteiger partial charge in [0.1, 0.15) is 18.5 Å². The zero-order chi connectivity index (χ0) is 22.7. The summed E-state index contributed by atoms with van der Waals surface area (Å²) in [4.78, 5) is 6.52. The van der Waals surface area contributed by atoms with Crippen molar-refractivity contribution in [2.75, 3.05) is 44.3 Å². The van der Waals surface area contributed by atoms with Crippen LogP contribution in [-0.4, -0.2) is 66.2 Å². The zero-order valence-corrected chi connectivity index (χ0v) is 19.8. The minimum atomic E-state index is -0.933. The highest BCUT2D eigenvalue weighted by Crippen LogP contribution is 2.40. The van der Waals surface area contributed by atoms with Crippen LogP contribution < -0.4 is 15.0 Å². The average molecular weight is 491 g/mol. The molecule has 7 nitrogen and oxygen atoms in total. The van der Waals surface area contributed by atoms with Crippen LogP contribution in [0.2, 0.25) is 0 Å². The third kappa shape index (κ3) is 5.23. The molecule has 2 aliphatic heterocycles. The van der Waals surface area contributed by atoms with Gasteiger partial charge in [0.25, 0.3) is 0 Å². The Morgan fingerprint density at radius 2 is 2.03 bits per heavy atom. The predicted molar refractivity (Wildman–Crippen MR) is 129 cm³/mol. The summed E-state index contributed by atoms with van der Waals surface area (Å²) in [6.07, 6.45) is 10.8. The van der Waals surface area contributed by atoms with Crippen molar-refractivity contribution < 1.29 is 14.2 Å². The molecule has 33 heavy (non-hydrogen) atoms. The molecule has 2 saturated heterocycles. The van der Waals surface area contributed by atoms with Gasteiger partial charge in [0.15, 0.2) is 5.79 Å². The van der Waals surface area contributed by atoms with E-state index in [9.17, 15) is 0 Å². The number of aromatic nitrogens is 2. The lowest BCUT2D eigenvalue weighted by molar-refractivity contribution is -0.204. The van der Waals surface area contributed by atoms with E-state index in [4.69, 9.17) is 37.4 Å². The van der Waals surface area contributed by atoms with Crippen molar-refractivity contribution in [1.29, 1.82) is 0 Å². The van der Waals surface area contributed by atoms with E-state index < -0.39 is 5.79 Å². The van der Waals surface area contributed by atoms with Gasteiger partial charge in [0.2, 0.25) is 0 Å². The first-order valence-electron chi connectivity index (χ1n) is 11.3. The Morgan fingerprint density at radius 3 is 2.76 bits per heavy atom. The van der Waals surface area contributed by atoms with E-state index in [1.807, 2.05) is 41.1 Å². The Balaban J connectivity index is 1.23. The highest BCUT2D eigenvalue weighted by atomic mass is 35.5. The van der Waals surface area contributed by atoms with Crippen molar-refractivity contribution >= 4 is 28.9 Å². The molecule has 1 aliphatic carbocycles. The van der Waals surface area contributed by atoms with Gasteiger partial charge in [-0.2, -0.15) is 0 Å². The van der Waals surface area contributed by atoms with Crippen molar-refractivity contribution in [3.8, 4) is 5.75 Å². The fourth-order valence-corrected chi connectivity index (χ4v) is 5.22. The quantitative estimate of drug-likeness (QED) is 0.600. The molecule has 2 fully saturated rings. The Bertz CT molecular complexity index is 976. The summed E-state index contributed by atoms with van der Waals surface area (Å²) < 4.78 is 20.8. The summed E-state index contributed by atoms with van der Waals surface area (Å²) in [5.74, 6) is -0.322. The lowest BCUT2D eigenvalue weighted by atomic mass is 9.90. The van der Waals surface area contributed by atoms with Crippen LogP contribution in [0.15, 0.2) is 66.2 Å². The molecule has 5 rings (SSSR count). The van der Waals surface area contributed by atoms with Gasteiger partial charge in [-0.05, 0) is 36.4 Å². The number of imidazole rings is 1. The molecule has 0 spiro atoms. The second kappa shape index (κ2) is 10.1. The number of piperazine rings is 1. The summed E-state index contributed by atoms with van der Waals surface area (Å²) in [5, 5.41) is 3.65. The SMILES string of the molecule is ClC1=CC(Cl)C([C@@]2(Cn3ccnc3)OC[C@H](COc3ccc(N4CCNCC4)cc3)O2)C=C1. The van der Waals surface area contributed by atoms with Crippen molar-refractivity contribution in [3.63, 3.8) is 0 Å². The van der Waals surface area contributed by atoms with Crippen LogP contribution in [0.1, 0.15) is 0 Å². The first-order chi connectivity index (χ1) is 16.1. The standard InChI is InChI=1S/C24H28Cl2N4O3/c25-18-1-6-22(23(26)13-18)24(16-29-10-7-28-17-29)32-15-21(33-24)14-31-20-4-2-19(3-5-20)30-11-8-27-9-12-30/h1-7,10,13,17,21-23,27H,8-9,11-12,14-16H2/t21-,22?,23?,24-/m0/s1. The first kappa shape index (κ1) is 22.7. The fraction of sp³-hybridized carbons (Fsp3) is 0.458. The molecular formula is C24H28Cl2N4O3. The summed E-state index contributed by atoms with van der Waals surface area (Å²) >= 11 is 12.8. The van der Waals surface area contributed by atoms with Gasteiger partial charge in [-0.15, -0.1) is 11.6 Å². The number of nitrogens with zero attached hydrogens (tertiary/aromatic N) is 3. The molecule has 2 unspecified atom stereocenters. The Kier molecular flexibility index (Phi) is 6.94. The number of alkyl halides is 1. The maximum atomic E-state index is 6.65. The van der Waals surface area contributed by atoms with E-state index in [-0.39, 0.29) is 17.4 Å². The van der Waals surface area contributed by atoms with Gasteiger partial charge in [0, 0.05) is 49.3 Å². The number of benzene rings is 1. The maximum Gasteiger partial charge on any atom is 0.195 e. The van der Waals surface area contributed by atoms with Gasteiger partial charge in [-0.3, -0.25) is 0 Å². The van der Waals surface area contributed by atoms with Gasteiger partial charge in [-0.25, -0.2) is 4.98 Å². The number of ether oxygens (including phenoxy) is 3. The molecule has 9 heteroatoms. The molecular weight excluding hydrogens is 463 g/mol. The minimum Gasteiger partial charge on any atom is -0.491 e. The van der Waals surface area contributed by atoms with E-state index in [1.54, 1.807) is 12.5 Å². The molecule has 0 amide bonds.